The van der Waals surface area contributed by atoms with Gasteiger partial charge in [-0.05, 0) is 25.0 Å². The summed E-state index contributed by atoms with van der Waals surface area (Å²) in [5, 5.41) is 4.32. The Hall–Kier alpha value is -3.22. The Morgan fingerprint density at radius 3 is 2.96 bits per heavy atom. The first-order valence-corrected chi connectivity index (χ1v) is 9.21. The van der Waals surface area contributed by atoms with E-state index in [4.69, 9.17) is 5.73 Å². The van der Waals surface area contributed by atoms with Crippen molar-refractivity contribution in [1.82, 2.24) is 19.9 Å². The zero-order valence-corrected chi connectivity index (χ0v) is 15.1. The van der Waals surface area contributed by atoms with Gasteiger partial charge in [-0.25, -0.2) is 4.98 Å². The van der Waals surface area contributed by atoms with Crippen LogP contribution in [0.15, 0.2) is 42.6 Å². The second kappa shape index (κ2) is 7.57. The average Bonchev–Trinajstić information content (AvgIpc) is 3.09. The number of nitrogens with one attached hydrogen (secondary N) is 1. The van der Waals surface area contributed by atoms with Gasteiger partial charge < -0.3 is 16.0 Å². The molecule has 3 heterocycles. The van der Waals surface area contributed by atoms with Crippen molar-refractivity contribution in [3.8, 4) is 11.3 Å². The van der Waals surface area contributed by atoms with Crippen LogP contribution in [-0.4, -0.2) is 45.4 Å². The average molecular weight is 362 g/mol. The molecule has 0 bridgehead atoms. The molecule has 7 nitrogen and oxygen atoms in total. The minimum atomic E-state index is 0.227. The Morgan fingerprint density at radius 1 is 1.19 bits per heavy atom. The molecule has 4 rings (SSSR count). The highest BCUT2D eigenvalue weighted by molar-refractivity contribution is 5.93. The van der Waals surface area contributed by atoms with Gasteiger partial charge in [0.1, 0.15) is 5.82 Å². The SMILES string of the molecule is Nc1nc(NCCCN2CCCC2=O)cc(-c2cccc3ncccc23)n1. The number of rotatable bonds is 6. The number of amides is 1. The monoisotopic (exact) mass is 362 g/mol. The van der Waals surface area contributed by atoms with E-state index < -0.39 is 0 Å². The Kier molecular flexibility index (Phi) is 4.82. The zero-order valence-electron chi connectivity index (χ0n) is 15.1. The molecule has 2 aromatic heterocycles. The second-order valence-electron chi connectivity index (χ2n) is 6.64. The van der Waals surface area contributed by atoms with Gasteiger partial charge in [0.25, 0.3) is 0 Å². The van der Waals surface area contributed by atoms with Crippen LogP contribution in [0, 0.1) is 0 Å². The fraction of sp³-hybridized carbons (Fsp3) is 0.300. The van der Waals surface area contributed by atoms with Gasteiger partial charge in [0.05, 0.1) is 11.2 Å². The van der Waals surface area contributed by atoms with Crippen LogP contribution in [-0.2, 0) is 4.79 Å². The van der Waals surface area contributed by atoms with E-state index in [0.717, 1.165) is 54.6 Å². The number of aromatic nitrogens is 3. The lowest BCUT2D eigenvalue weighted by Crippen LogP contribution is -2.27. The first-order valence-electron chi connectivity index (χ1n) is 9.21. The molecule has 7 heteroatoms. The van der Waals surface area contributed by atoms with Gasteiger partial charge in [-0.3, -0.25) is 9.78 Å². The van der Waals surface area contributed by atoms with Gasteiger partial charge in [-0.1, -0.05) is 18.2 Å². The summed E-state index contributed by atoms with van der Waals surface area (Å²) in [5.74, 6) is 1.17. The highest BCUT2D eigenvalue weighted by Gasteiger charge is 2.19. The van der Waals surface area contributed by atoms with Crippen LogP contribution in [0.3, 0.4) is 0 Å². The lowest BCUT2D eigenvalue weighted by atomic mass is 10.1. The van der Waals surface area contributed by atoms with Crippen LogP contribution < -0.4 is 11.1 Å². The molecular weight excluding hydrogens is 340 g/mol. The Labute approximate surface area is 157 Å². The summed E-state index contributed by atoms with van der Waals surface area (Å²) in [4.78, 5) is 26.7. The summed E-state index contributed by atoms with van der Waals surface area (Å²) in [6.45, 7) is 2.36. The lowest BCUT2D eigenvalue weighted by molar-refractivity contribution is -0.127. The van der Waals surface area contributed by atoms with Crippen molar-refractivity contribution in [2.45, 2.75) is 19.3 Å². The highest BCUT2D eigenvalue weighted by Crippen LogP contribution is 2.27. The molecule has 1 saturated heterocycles. The van der Waals surface area contributed by atoms with Gasteiger partial charge in [0.2, 0.25) is 11.9 Å². The summed E-state index contributed by atoms with van der Waals surface area (Å²) in [6, 6.07) is 11.8. The van der Waals surface area contributed by atoms with E-state index >= 15 is 0 Å². The molecule has 3 N–H and O–H groups in total. The topological polar surface area (TPSA) is 97.0 Å². The molecule has 1 fully saturated rings. The molecule has 0 spiro atoms. The van der Waals surface area contributed by atoms with Crippen LogP contribution in [0.1, 0.15) is 19.3 Å². The molecule has 0 aliphatic carbocycles. The number of hydrogen-bond acceptors (Lipinski definition) is 6. The van der Waals surface area contributed by atoms with Crippen molar-refractivity contribution in [1.29, 1.82) is 0 Å². The number of likely N-dealkylation sites (tertiary alicyclic amines) is 1. The van der Waals surface area contributed by atoms with E-state index in [9.17, 15) is 4.79 Å². The molecule has 0 atom stereocenters. The summed E-state index contributed by atoms with van der Waals surface area (Å²) >= 11 is 0. The second-order valence-corrected chi connectivity index (χ2v) is 6.64. The lowest BCUT2D eigenvalue weighted by Gasteiger charge is -2.15. The number of anilines is 2. The van der Waals surface area contributed by atoms with Crippen molar-refractivity contribution in [3.63, 3.8) is 0 Å². The van der Waals surface area contributed by atoms with Gasteiger partial charge in [0.15, 0.2) is 0 Å². The molecule has 1 aliphatic rings. The fourth-order valence-electron chi connectivity index (χ4n) is 3.45. The quantitative estimate of drug-likeness (QED) is 0.655. The number of pyridine rings is 1. The number of benzene rings is 1. The van der Waals surface area contributed by atoms with Crippen molar-refractivity contribution in [2.75, 3.05) is 30.7 Å². The Balaban J connectivity index is 1.49. The number of hydrogen-bond donors (Lipinski definition) is 2. The predicted molar refractivity (Wildman–Crippen MR) is 106 cm³/mol. The highest BCUT2D eigenvalue weighted by atomic mass is 16.2. The van der Waals surface area contributed by atoms with Gasteiger partial charge in [-0.2, -0.15) is 4.98 Å². The minimum absolute atomic E-state index is 0.227. The maximum absolute atomic E-state index is 11.7. The summed E-state index contributed by atoms with van der Waals surface area (Å²) < 4.78 is 0. The van der Waals surface area contributed by atoms with Gasteiger partial charge >= 0.3 is 0 Å². The predicted octanol–water partition coefficient (Wildman–Crippen LogP) is 2.70. The van der Waals surface area contributed by atoms with Crippen molar-refractivity contribution < 1.29 is 4.79 Å². The van der Waals surface area contributed by atoms with E-state index in [-0.39, 0.29) is 11.9 Å². The largest absolute Gasteiger partial charge is 0.370 e. The van der Waals surface area contributed by atoms with Crippen LogP contribution in [0.2, 0.25) is 0 Å². The van der Waals surface area contributed by atoms with Crippen LogP contribution in [0.5, 0.6) is 0 Å². The van der Waals surface area contributed by atoms with E-state index in [1.165, 1.54) is 0 Å². The minimum Gasteiger partial charge on any atom is -0.370 e. The Morgan fingerprint density at radius 2 is 2.11 bits per heavy atom. The number of carbonyl (C=O) groups excluding carboxylic acids is 1. The maximum atomic E-state index is 11.7. The number of carbonyl (C=O) groups is 1. The molecule has 1 aliphatic heterocycles. The third-order valence-corrected chi connectivity index (χ3v) is 4.75. The summed E-state index contributed by atoms with van der Waals surface area (Å²) in [5.41, 5.74) is 8.58. The third-order valence-electron chi connectivity index (χ3n) is 4.75. The van der Waals surface area contributed by atoms with E-state index in [1.807, 2.05) is 41.3 Å². The molecule has 0 radical (unpaired) electrons. The third kappa shape index (κ3) is 3.81. The molecule has 0 unspecified atom stereocenters. The van der Waals surface area contributed by atoms with E-state index in [1.54, 1.807) is 6.20 Å². The molecule has 0 saturated carbocycles. The molecule has 1 aromatic carbocycles. The number of nitrogens with zero attached hydrogens (tertiary/aromatic N) is 4. The molecule has 1 amide bonds. The van der Waals surface area contributed by atoms with E-state index in [0.29, 0.717) is 12.2 Å². The van der Waals surface area contributed by atoms with E-state index in [2.05, 4.69) is 20.3 Å². The Bertz CT molecular complexity index is 968. The molecule has 138 valence electrons. The first kappa shape index (κ1) is 17.2. The summed E-state index contributed by atoms with van der Waals surface area (Å²) in [6.07, 6.45) is 4.29. The molecular formula is C20H22N6O. The maximum Gasteiger partial charge on any atom is 0.222 e. The smallest absolute Gasteiger partial charge is 0.222 e. The molecule has 27 heavy (non-hydrogen) atoms. The van der Waals surface area contributed by atoms with Crippen LogP contribution >= 0.6 is 0 Å². The standard InChI is InChI=1S/C20H22N6O/c21-20-24-17(15-5-1-7-16-14(15)6-2-9-22-16)13-18(25-20)23-10-4-12-26-11-3-8-19(26)27/h1-2,5-7,9,13H,3-4,8,10-12H2,(H3,21,23,24,25). The fourth-order valence-corrected chi connectivity index (χ4v) is 3.45. The van der Waals surface area contributed by atoms with Crippen molar-refractivity contribution >= 4 is 28.6 Å². The first-order chi connectivity index (χ1) is 13.2. The normalized spacial score (nSPS) is 14.1. The van der Waals surface area contributed by atoms with Crippen LogP contribution in [0.25, 0.3) is 22.2 Å². The number of nitrogens with two attached hydrogens (primary N) is 1. The zero-order chi connectivity index (χ0) is 18.6. The summed E-state index contributed by atoms with van der Waals surface area (Å²) in [7, 11) is 0. The van der Waals surface area contributed by atoms with Crippen molar-refractivity contribution in [2.24, 2.45) is 0 Å². The van der Waals surface area contributed by atoms with Crippen LogP contribution in [0.4, 0.5) is 11.8 Å². The van der Waals surface area contributed by atoms with Crippen molar-refractivity contribution in [3.05, 3.63) is 42.6 Å². The van der Waals surface area contributed by atoms with Gasteiger partial charge in [-0.15, -0.1) is 0 Å². The number of nitrogen functional groups attached to an aromatic ring is 1. The molecule has 3 aromatic rings. The van der Waals surface area contributed by atoms with Gasteiger partial charge in [0, 0.05) is 49.3 Å². The number of fused-ring (bicyclic) bond motifs is 1.